The Morgan fingerprint density at radius 3 is 1.85 bits per heavy atom. The smallest absolute Gasteiger partial charge is 0.137 e. The molecule has 0 aliphatic carbocycles. The number of rotatable bonds is 2. The molecular weight excluding hydrogens is 502 g/mol. The fraction of sp³-hybridized carbons (Fsp3) is 0. The van der Waals surface area contributed by atoms with Crippen LogP contribution in [0.25, 0.3) is 76.9 Å². The van der Waals surface area contributed by atoms with Crippen LogP contribution in [-0.4, -0.2) is 9.13 Å². The van der Waals surface area contributed by atoms with Crippen LogP contribution in [0, 0.1) is 11.3 Å². The minimum Gasteiger partial charge on any atom is -0.456 e. The first-order valence-electron chi connectivity index (χ1n) is 13.7. The third-order valence-electron chi connectivity index (χ3n) is 8.35. The lowest BCUT2D eigenvalue weighted by Crippen LogP contribution is -1.95. The molecule has 0 N–H and O–H groups in total. The third kappa shape index (κ3) is 2.92. The molecule has 41 heavy (non-hydrogen) atoms. The number of furan rings is 1. The number of aromatic nitrogens is 2. The van der Waals surface area contributed by atoms with Crippen molar-refractivity contribution in [3.63, 3.8) is 0 Å². The van der Waals surface area contributed by atoms with Gasteiger partial charge in [-0.25, -0.2) is 0 Å². The van der Waals surface area contributed by atoms with Gasteiger partial charge >= 0.3 is 0 Å². The Balaban J connectivity index is 1.40. The van der Waals surface area contributed by atoms with Gasteiger partial charge in [-0.1, -0.05) is 66.7 Å². The summed E-state index contributed by atoms with van der Waals surface area (Å²) < 4.78 is 11.0. The van der Waals surface area contributed by atoms with Gasteiger partial charge in [0.05, 0.1) is 44.8 Å². The van der Waals surface area contributed by atoms with Crippen LogP contribution in [0.2, 0.25) is 0 Å². The molecular formula is C37H21N3O. The normalized spacial score (nSPS) is 11.9. The fourth-order valence-electron chi connectivity index (χ4n) is 6.69. The van der Waals surface area contributed by atoms with Gasteiger partial charge in [0.25, 0.3) is 0 Å². The lowest BCUT2D eigenvalue weighted by molar-refractivity contribution is 0.669. The molecule has 4 heteroatoms. The van der Waals surface area contributed by atoms with Crippen molar-refractivity contribution in [3.05, 3.63) is 133 Å². The highest BCUT2D eigenvalue weighted by Crippen LogP contribution is 2.40. The monoisotopic (exact) mass is 523 g/mol. The Kier molecular flexibility index (Phi) is 4.37. The quantitative estimate of drug-likeness (QED) is 0.226. The van der Waals surface area contributed by atoms with Crippen LogP contribution in [0.4, 0.5) is 0 Å². The van der Waals surface area contributed by atoms with Crippen molar-refractivity contribution in [3.8, 4) is 17.4 Å². The largest absolute Gasteiger partial charge is 0.456 e. The van der Waals surface area contributed by atoms with Crippen molar-refractivity contribution in [2.75, 3.05) is 0 Å². The topological polar surface area (TPSA) is 46.8 Å². The molecule has 0 amide bonds. The van der Waals surface area contributed by atoms with Gasteiger partial charge in [0.2, 0.25) is 0 Å². The van der Waals surface area contributed by atoms with Gasteiger partial charge in [0, 0.05) is 32.6 Å². The molecule has 0 radical (unpaired) electrons. The van der Waals surface area contributed by atoms with E-state index in [1.165, 1.54) is 21.8 Å². The van der Waals surface area contributed by atoms with E-state index in [1.807, 2.05) is 30.3 Å². The summed E-state index contributed by atoms with van der Waals surface area (Å²) in [6, 6.07) is 46.5. The van der Waals surface area contributed by atoms with Gasteiger partial charge in [0.15, 0.2) is 0 Å². The highest BCUT2D eigenvalue weighted by Gasteiger charge is 2.20. The van der Waals surface area contributed by atoms with Crippen LogP contribution in [0.5, 0.6) is 0 Å². The van der Waals surface area contributed by atoms with Crippen molar-refractivity contribution in [2.24, 2.45) is 0 Å². The second-order valence-electron chi connectivity index (χ2n) is 10.5. The van der Waals surface area contributed by atoms with Crippen molar-refractivity contribution >= 4 is 65.6 Å². The lowest BCUT2D eigenvalue weighted by atomic mass is 10.1. The number of fused-ring (bicyclic) bond motifs is 9. The van der Waals surface area contributed by atoms with E-state index in [4.69, 9.17) is 4.42 Å². The van der Waals surface area contributed by atoms with Crippen LogP contribution in [0.3, 0.4) is 0 Å². The second-order valence-corrected chi connectivity index (χ2v) is 10.5. The van der Waals surface area contributed by atoms with E-state index in [0.29, 0.717) is 5.56 Å². The minimum atomic E-state index is 0.676. The van der Waals surface area contributed by atoms with Crippen LogP contribution < -0.4 is 0 Å². The molecule has 0 saturated heterocycles. The number of hydrogen-bond acceptors (Lipinski definition) is 2. The molecule has 0 fully saturated rings. The van der Waals surface area contributed by atoms with Crippen molar-refractivity contribution in [2.45, 2.75) is 0 Å². The first-order chi connectivity index (χ1) is 20.3. The average Bonchev–Trinajstić information content (AvgIpc) is 3.68. The summed E-state index contributed by atoms with van der Waals surface area (Å²) in [5.74, 6) is 0. The van der Waals surface area contributed by atoms with Crippen molar-refractivity contribution < 1.29 is 4.42 Å². The predicted octanol–water partition coefficient (Wildman–Crippen LogP) is 9.65. The highest BCUT2D eigenvalue weighted by molar-refractivity contribution is 6.16. The Morgan fingerprint density at radius 2 is 1.12 bits per heavy atom. The SMILES string of the molecule is N#Cc1cccc2c1c1ccccc1n2-c1cccc2oc3ccc(-n4c5ccccc5c5ccccc54)cc3c12. The zero-order chi connectivity index (χ0) is 27.1. The van der Waals surface area contributed by atoms with Crippen molar-refractivity contribution in [1.29, 1.82) is 5.26 Å². The number of para-hydroxylation sites is 3. The zero-order valence-electron chi connectivity index (χ0n) is 21.9. The molecule has 0 unspecified atom stereocenters. The Hall–Kier alpha value is -5.79. The summed E-state index contributed by atoms with van der Waals surface area (Å²) in [6.45, 7) is 0. The van der Waals surface area contributed by atoms with E-state index in [1.54, 1.807) is 0 Å². The van der Waals surface area contributed by atoms with Crippen LogP contribution in [-0.2, 0) is 0 Å². The predicted molar refractivity (Wildman–Crippen MR) is 167 cm³/mol. The van der Waals surface area contributed by atoms with E-state index in [0.717, 1.165) is 55.1 Å². The third-order valence-corrected chi connectivity index (χ3v) is 8.35. The molecule has 0 atom stereocenters. The maximum atomic E-state index is 9.95. The Morgan fingerprint density at radius 1 is 0.488 bits per heavy atom. The van der Waals surface area contributed by atoms with E-state index in [2.05, 4.69) is 112 Å². The summed E-state index contributed by atoms with van der Waals surface area (Å²) in [6.07, 6.45) is 0. The van der Waals surface area contributed by atoms with E-state index >= 15 is 0 Å². The van der Waals surface area contributed by atoms with Gasteiger partial charge in [-0.3, -0.25) is 0 Å². The Labute approximate surface area is 234 Å². The maximum absolute atomic E-state index is 9.95. The summed E-state index contributed by atoms with van der Waals surface area (Å²) in [5, 5.41) is 16.6. The van der Waals surface area contributed by atoms with Gasteiger partial charge in [-0.2, -0.15) is 5.26 Å². The molecule has 0 spiro atoms. The molecule has 0 aliphatic rings. The first-order valence-corrected chi connectivity index (χ1v) is 13.7. The van der Waals surface area contributed by atoms with Crippen LogP contribution >= 0.6 is 0 Å². The average molecular weight is 524 g/mol. The van der Waals surface area contributed by atoms with E-state index in [9.17, 15) is 5.26 Å². The van der Waals surface area contributed by atoms with Gasteiger partial charge in [-0.05, 0) is 60.7 Å². The van der Waals surface area contributed by atoms with Crippen molar-refractivity contribution in [1.82, 2.24) is 9.13 Å². The molecule has 6 aromatic carbocycles. The molecule has 0 bridgehead atoms. The first kappa shape index (κ1) is 22.1. The van der Waals surface area contributed by atoms with Crippen LogP contribution in [0.1, 0.15) is 5.56 Å². The van der Waals surface area contributed by atoms with E-state index in [-0.39, 0.29) is 0 Å². The summed E-state index contributed by atoms with van der Waals surface area (Å²) in [5.41, 5.74) is 8.88. The molecule has 3 heterocycles. The van der Waals surface area contributed by atoms with Gasteiger partial charge in [0.1, 0.15) is 11.2 Å². The standard InChI is InChI=1S/C37H21N3O/c38-22-23-9-7-16-32-36(23)27-12-3-6-15-31(27)40(32)33-17-8-18-35-37(33)28-21-24(19-20-34(28)41-35)39-29-13-4-1-10-25(29)26-11-2-5-14-30(26)39/h1-21H. The molecule has 9 aromatic rings. The molecule has 190 valence electrons. The molecule has 4 nitrogen and oxygen atoms in total. The van der Waals surface area contributed by atoms with Gasteiger partial charge < -0.3 is 13.6 Å². The maximum Gasteiger partial charge on any atom is 0.137 e. The number of nitrogens with zero attached hydrogens (tertiary/aromatic N) is 3. The second kappa shape index (κ2) is 8.11. The molecule has 0 saturated carbocycles. The number of nitriles is 1. The minimum absolute atomic E-state index is 0.676. The summed E-state index contributed by atoms with van der Waals surface area (Å²) in [7, 11) is 0. The molecule has 0 aliphatic heterocycles. The summed E-state index contributed by atoms with van der Waals surface area (Å²) >= 11 is 0. The molecule has 3 aromatic heterocycles. The van der Waals surface area contributed by atoms with Gasteiger partial charge in [-0.15, -0.1) is 0 Å². The zero-order valence-corrected chi connectivity index (χ0v) is 21.9. The Bertz CT molecular complexity index is 2500. The number of hydrogen-bond donors (Lipinski definition) is 0. The van der Waals surface area contributed by atoms with E-state index < -0.39 is 0 Å². The lowest BCUT2D eigenvalue weighted by Gasteiger charge is -2.11. The molecule has 9 rings (SSSR count). The fourth-order valence-corrected chi connectivity index (χ4v) is 6.69. The summed E-state index contributed by atoms with van der Waals surface area (Å²) in [4.78, 5) is 0. The van der Waals surface area contributed by atoms with Crippen LogP contribution in [0.15, 0.2) is 132 Å². The number of benzene rings is 6. The highest BCUT2D eigenvalue weighted by atomic mass is 16.3.